The summed E-state index contributed by atoms with van der Waals surface area (Å²) < 4.78 is 15.4. The van der Waals surface area contributed by atoms with Crippen LogP contribution in [0.2, 0.25) is 0 Å². The van der Waals surface area contributed by atoms with Crippen molar-refractivity contribution in [2.75, 3.05) is 33.5 Å². The van der Waals surface area contributed by atoms with E-state index in [0.29, 0.717) is 13.2 Å². The van der Waals surface area contributed by atoms with Crippen LogP contribution in [-0.2, 0) is 13.9 Å². The summed E-state index contributed by atoms with van der Waals surface area (Å²) in [6.07, 6.45) is 0.963. The van der Waals surface area contributed by atoms with Crippen LogP contribution in [0.4, 0.5) is 0 Å². The molecule has 0 spiro atoms. The number of ether oxygens (including phenoxy) is 2. The second-order valence-electron chi connectivity index (χ2n) is 2.32. The number of rotatable bonds is 9. The first-order chi connectivity index (χ1) is 5.91. The quantitative estimate of drug-likeness (QED) is 0.386. The van der Waals surface area contributed by atoms with Crippen molar-refractivity contribution in [2.24, 2.45) is 0 Å². The zero-order valence-electron chi connectivity index (χ0n) is 7.75. The highest BCUT2D eigenvalue weighted by Crippen LogP contribution is 1.84. The van der Waals surface area contributed by atoms with Gasteiger partial charge >= 0.3 is 0 Å². The zero-order chi connectivity index (χ0) is 9.07. The van der Waals surface area contributed by atoms with Gasteiger partial charge in [-0.05, 0) is 6.42 Å². The highest BCUT2D eigenvalue weighted by atomic mass is 28.2. The van der Waals surface area contributed by atoms with Crippen molar-refractivity contribution in [1.29, 1.82) is 0 Å². The zero-order valence-corrected chi connectivity index (χ0v) is 9.17. The Morgan fingerprint density at radius 3 is 2.75 bits per heavy atom. The van der Waals surface area contributed by atoms with Gasteiger partial charge < -0.3 is 13.9 Å². The van der Waals surface area contributed by atoms with Crippen LogP contribution in [-0.4, -0.2) is 43.3 Å². The molecule has 0 amide bonds. The molecule has 4 heteroatoms. The van der Waals surface area contributed by atoms with Crippen LogP contribution in [0.15, 0.2) is 12.3 Å². The summed E-state index contributed by atoms with van der Waals surface area (Å²) in [7, 11) is 1.23. The molecule has 0 saturated carbocycles. The highest BCUT2D eigenvalue weighted by Gasteiger charge is 1.88. The van der Waals surface area contributed by atoms with E-state index in [4.69, 9.17) is 13.9 Å². The summed E-state index contributed by atoms with van der Waals surface area (Å²) in [5.74, 6) is 0. The molecule has 3 nitrogen and oxygen atoms in total. The molecule has 0 fully saturated rings. The van der Waals surface area contributed by atoms with E-state index in [2.05, 4.69) is 6.58 Å². The Kier molecular flexibility index (Phi) is 10.7. The van der Waals surface area contributed by atoms with Gasteiger partial charge in [0.15, 0.2) is 9.76 Å². The minimum atomic E-state index is -0.439. The lowest BCUT2D eigenvalue weighted by molar-refractivity contribution is 0.0647. The Morgan fingerprint density at radius 1 is 1.25 bits per heavy atom. The van der Waals surface area contributed by atoms with Crippen LogP contribution in [0.1, 0.15) is 6.42 Å². The van der Waals surface area contributed by atoms with Gasteiger partial charge in [-0.25, -0.2) is 0 Å². The van der Waals surface area contributed by atoms with E-state index < -0.39 is 9.76 Å². The van der Waals surface area contributed by atoms with Gasteiger partial charge in [0.2, 0.25) is 0 Å². The largest absolute Gasteiger partial charge is 0.419 e. The molecule has 0 aromatic carbocycles. The van der Waals surface area contributed by atoms with E-state index in [1.165, 1.54) is 0 Å². The van der Waals surface area contributed by atoms with E-state index in [9.17, 15) is 0 Å². The minimum absolute atomic E-state index is 0.439. The number of hydrogen-bond acceptors (Lipinski definition) is 3. The molecule has 0 rings (SSSR count). The second-order valence-corrected chi connectivity index (χ2v) is 3.64. The van der Waals surface area contributed by atoms with Gasteiger partial charge in [-0.15, -0.1) is 6.58 Å². The lowest BCUT2D eigenvalue weighted by atomic mass is 10.5. The molecule has 0 radical (unpaired) electrons. The Morgan fingerprint density at radius 2 is 2.08 bits per heavy atom. The van der Waals surface area contributed by atoms with E-state index in [-0.39, 0.29) is 0 Å². The summed E-state index contributed by atoms with van der Waals surface area (Å²) in [4.78, 5) is 0. The first kappa shape index (κ1) is 11.8. The fourth-order valence-electron chi connectivity index (χ4n) is 0.674. The molecular formula is C8H18O3Si. The van der Waals surface area contributed by atoms with Crippen molar-refractivity contribution in [1.82, 2.24) is 0 Å². The summed E-state index contributed by atoms with van der Waals surface area (Å²) in [5, 5.41) is 0. The Balaban J connectivity index is 2.77. The van der Waals surface area contributed by atoms with Crippen LogP contribution in [0, 0.1) is 0 Å². The molecule has 0 N–H and O–H groups in total. The third-order valence-electron chi connectivity index (χ3n) is 1.24. The lowest BCUT2D eigenvalue weighted by Crippen LogP contribution is -2.06. The maximum atomic E-state index is 5.30. The topological polar surface area (TPSA) is 27.7 Å². The molecule has 12 heavy (non-hydrogen) atoms. The van der Waals surface area contributed by atoms with Crippen LogP contribution in [0.3, 0.4) is 0 Å². The predicted octanol–water partition coefficient (Wildman–Crippen LogP) is 0.283. The minimum Gasteiger partial charge on any atom is -0.419 e. The summed E-state index contributed by atoms with van der Waals surface area (Å²) in [6, 6.07) is 0. The van der Waals surface area contributed by atoms with Crippen molar-refractivity contribution in [3.05, 3.63) is 12.3 Å². The van der Waals surface area contributed by atoms with Gasteiger partial charge in [0.05, 0.1) is 13.2 Å². The smallest absolute Gasteiger partial charge is 0.184 e. The van der Waals surface area contributed by atoms with Crippen LogP contribution in [0.25, 0.3) is 0 Å². The average Bonchev–Trinajstić information content (AvgIpc) is 2.10. The predicted molar refractivity (Wildman–Crippen MR) is 52.0 cm³/mol. The number of methoxy groups -OCH3 is 1. The fraction of sp³-hybridized carbons (Fsp3) is 0.750. The maximum Gasteiger partial charge on any atom is 0.184 e. The monoisotopic (exact) mass is 190 g/mol. The van der Waals surface area contributed by atoms with E-state index in [0.717, 1.165) is 19.6 Å². The SMILES string of the molecule is C=C[SiH2]OCCCOCCOC. The third kappa shape index (κ3) is 9.84. The van der Waals surface area contributed by atoms with Crippen molar-refractivity contribution >= 4 is 9.76 Å². The molecular weight excluding hydrogens is 172 g/mol. The molecule has 0 bridgehead atoms. The van der Waals surface area contributed by atoms with Gasteiger partial charge in [-0.1, -0.05) is 5.70 Å². The van der Waals surface area contributed by atoms with Crippen molar-refractivity contribution in [3.63, 3.8) is 0 Å². The molecule has 0 saturated heterocycles. The molecule has 72 valence electrons. The van der Waals surface area contributed by atoms with E-state index in [1.807, 2.05) is 5.70 Å². The van der Waals surface area contributed by atoms with E-state index >= 15 is 0 Å². The Hall–Kier alpha value is -0.163. The molecule has 0 heterocycles. The molecule has 0 atom stereocenters. The molecule has 0 aliphatic rings. The van der Waals surface area contributed by atoms with Crippen LogP contribution >= 0.6 is 0 Å². The van der Waals surface area contributed by atoms with E-state index in [1.54, 1.807) is 7.11 Å². The van der Waals surface area contributed by atoms with Crippen LogP contribution in [0.5, 0.6) is 0 Å². The highest BCUT2D eigenvalue weighted by molar-refractivity contribution is 6.33. The fourth-order valence-corrected chi connectivity index (χ4v) is 1.21. The summed E-state index contributed by atoms with van der Waals surface area (Å²) >= 11 is 0. The molecule has 0 aromatic rings. The summed E-state index contributed by atoms with van der Waals surface area (Å²) in [5.41, 5.74) is 1.88. The Labute approximate surface area is 76.6 Å². The van der Waals surface area contributed by atoms with Crippen molar-refractivity contribution in [3.8, 4) is 0 Å². The molecule has 0 aliphatic heterocycles. The Bertz CT molecular complexity index is 98.3. The van der Waals surface area contributed by atoms with Gasteiger partial charge in [-0.3, -0.25) is 0 Å². The number of hydrogen-bond donors (Lipinski definition) is 0. The maximum absolute atomic E-state index is 5.30. The van der Waals surface area contributed by atoms with Crippen molar-refractivity contribution < 1.29 is 13.9 Å². The van der Waals surface area contributed by atoms with Gasteiger partial charge in [0, 0.05) is 20.3 Å². The second kappa shape index (κ2) is 10.8. The van der Waals surface area contributed by atoms with Gasteiger partial charge in [0.25, 0.3) is 0 Å². The molecule has 0 aliphatic carbocycles. The standard InChI is InChI=1S/C8H18O3Si/c1-3-12-11-6-4-5-10-8-7-9-2/h3H,1,4-8,12H2,2H3. The summed E-state index contributed by atoms with van der Waals surface area (Å²) in [6.45, 7) is 6.51. The average molecular weight is 190 g/mol. The molecule has 0 unspecified atom stereocenters. The first-order valence-electron chi connectivity index (χ1n) is 4.17. The van der Waals surface area contributed by atoms with Gasteiger partial charge in [0.1, 0.15) is 0 Å². The van der Waals surface area contributed by atoms with Gasteiger partial charge in [-0.2, -0.15) is 0 Å². The normalized spacial score (nSPS) is 11.1. The third-order valence-corrected chi connectivity index (χ3v) is 2.00. The van der Waals surface area contributed by atoms with Crippen LogP contribution < -0.4 is 0 Å². The van der Waals surface area contributed by atoms with Crippen molar-refractivity contribution in [2.45, 2.75) is 6.42 Å². The lowest BCUT2D eigenvalue weighted by Gasteiger charge is -2.03. The molecule has 0 aromatic heterocycles. The first-order valence-corrected chi connectivity index (χ1v) is 5.56.